The highest BCUT2D eigenvalue weighted by molar-refractivity contribution is 5.94. The van der Waals surface area contributed by atoms with Gasteiger partial charge in [0, 0.05) is 60.5 Å². The molecular weight excluding hydrogens is 428 g/mol. The van der Waals surface area contributed by atoms with E-state index in [9.17, 15) is 4.79 Å². The van der Waals surface area contributed by atoms with Crippen molar-refractivity contribution < 1.29 is 9.53 Å². The number of benzene rings is 1. The van der Waals surface area contributed by atoms with Gasteiger partial charge in [0.05, 0.1) is 18.9 Å². The largest absolute Gasteiger partial charge is 0.481 e. The molecule has 0 aliphatic rings. The van der Waals surface area contributed by atoms with E-state index >= 15 is 0 Å². The molecule has 34 heavy (non-hydrogen) atoms. The summed E-state index contributed by atoms with van der Waals surface area (Å²) >= 11 is 0. The van der Waals surface area contributed by atoms with Crippen LogP contribution in [0.15, 0.2) is 61.2 Å². The summed E-state index contributed by atoms with van der Waals surface area (Å²) in [5.41, 5.74) is 11.6. The smallest absolute Gasteiger partial charge is 0.251 e. The van der Waals surface area contributed by atoms with Crippen LogP contribution in [-0.2, 0) is 13.6 Å². The molecule has 0 atom stereocenters. The van der Waals surface area contributed by atoms with Crippen molar-refractivity contribution in [3.05, 3.63) is 89.0 Å². The number of nitrogen functional groups attached to an aromatic ring is 1. The maximum absolute atomic E-state index is 12.7. The number of nitrogens with one attached hydrogen (secondary N) is 1. The van der Waals surface area contributed by atoms with E-state index in [1.54, 1.807) is 48.6 Å². The maximum atomic E-state index is 12.7. The molecule has 8 heteroatoms. The molecule has 0 radical (unpaired) electrons. The summed E-state index contributed by atoms with van der Waals surface area (Å²) in [6.07, 6.45) is 7.03. The van der Waals surface area contributed by atoms with Crippen molar-refractivity contribution in [2.45, 2.75) is 13.5 Å². The normalized spacial score (nSPS) is 10.3. The molecule has 3 aromatic heterocycles. The van der Waals surface area contributed by atoms with Crippen LogP contribution < -0.4 is 15.8 Å². The molecule has 0 unspecified atom stereocenters. The molecule has 3 N–H and O–H groups in total. The highest BCUT2D eigenvalue weighted by Crippen LogP contribution is 2.21. The van der Waals surface area contributed by atoms with Crippen molar-refractivity contribution in [1.29, 1.82) is 0 Å². The van der Waals surface area contributed by atoms with Gasteiger partial charge in [0.25, 0.3) is 5.91 Å². The first-order chi connectivity index (χ1) is 16.4. The lowest BCUT2D eigenvalue weighted by Crippen LogP contribution is -2.23. The lowest BCUT2D eigenvalue weighted by Gasteiger charge is -2.07. The lowest BCUT2D eigenvalue weighted by atomic mass is 10.0. The third kappa shape index (κ3) is 5.22. The van der Waals surface area contributed by atoms with E-state index in [4.69, 9.17) is 10.5 Å². The quantitative estimate of drug-likeness (QED) is 0.451. The van der Waals surface area contributed by atoms with Crippen molar-refractivity contribution in [3.8, 4) is 28.8 Å². The van der Waals surface area contributed by atoms with Gasteiger partial charge in [0.2, 0.25) is 5.88 Å². The Balaban J connectivity index is 1.52. The second kappa shape index (κ2) is 9.88. The summed E-state index contributed by atoms with van der Waals surface area (Å²) in [6.45, 7) is 2.30. The third-order valence-electron chi connectivity index (χ3n) is 5.25. The molecule has 4 aromatic rings. The molecule has 0 aliphatic carbocycles. The highest BCUT2D eigenvalue weighted by Gasteiger charge is 2.09. The summed E-state index contributed by atoms with van der Waals surface area (Å²) in [7, 11) is 3.42. The van der Waals surface area contributed by atoms with Crippen LogP contribution in [0.1, 0.15) is 32.6 Å². The number of carbonyl (C=O) groups is 1. The number of methoxy groups -OCH3 is 1. The van der Waals surface area contributed by atoms with Gasteiger partial charge in [-0.25, -0.2) is 9.97 Å². The maximum Gasteiger partial charge on any atom is 0.251 e. The monoisotopic (exact) mass is 452 g/mol. The van der Waals surface area contributed by atoms with E-state index in [0.29, 0.717) is 29.4 Å². The second-order valence-electron chi connectivity index (χ2n) is 7.73. The van der Waals surface area contributed by atoms with Crippen LogP contribution >= 0.6 is 0 Å². The molecule has 0 spiro atoms. The SMILES string of the molecule is COc1ccc(CNC(=O)c2ccc(C)c(C#Cc3cc(-c4cnn(C)c4)cnc3N)c2)cn1. The van der Waals surface area contributed by atoms with Crippen LogP contribution in [0.25, 0.3) is 11.1 Å². The summed E-state index contributed by atoms with van der Waals surface area (Å²) in [6, 6.07) is 10.9. The second-order valence-corrected chi connectivity index (χ2v) is 7.73. The molecule has 170 valence electrons. The van der Waals surface area contributed by atoms with Crippen LogP contribution in [0.2, 0.25) is 0 Å². The number of aromatic nitrogens is 4. The minimum Gasteiger partial charge on any atom is -0.481 e. The fraction of sp³-hybridized carbons (Fsp3) is 0.154. The Morgan fingerprint density at radius 3 is 2.59 bits per heavy atom. The minimum absolute atomic E-state index is 0.196. The number of anilines is 1. The number of rotatable bonds is 5. The van der Waals surface area contributed by atoms with E-state index in [1.165, 1.54) is 0 Å². The molecule has 4 rings (SSSR count). The van der Waals surface area contributed by atoms with Gasteiger partial charge < -0.3 is 15.8 Å². The fourth-order valence-corrected chi connectivity index (χ4v) is 3.26. The van der Waals surface area contributed by atoms with Gasteiger partial charge in [-0.15, -0.1) is 0 Å². The van der Waals surface area contributed by atoms with Crippen molar-refractivity contribution in [2.24, 2.45) is 7.05 Å². The van der Waals surface area contributed by atoms with Crippen LogP contribution in [0.5, 0.6) is 5.88 Å². The fourth-order valence-electron chi connectivity index (χ4n) is 3.26. The minimum atomic E-state index is -0.196. The van der Waals surface area contributed by atoms with Crippen molar-refractivity contribution in [3.63, 3.8) is 0 Å². The van der Waals surface area contributed by atoms with Gasteiger partial charge in [0.1, 0.15) is 5.82 Å². The van der Waals surface area contributed by atoms with Gasteiger partial charge in [0.15, 0.2) is 0 Å². The number of carbonyl (C=O) groups excluding carboxylic acids is 1. The van der Waals surface area contributed by atoms with E-state index in [1.807, 2.05) is 38.4 Å². The number of hydrogen-bond acceptors (Lipinski definition) is 6. The molecule has 1 aromatic carbocycles. The van der Waals surface area contributed by atoms with Crippen molar-refractivity contribution >= 4 is 11.7 Å². The van der Waals surface area contributed by atoms with Crippen molar-refractivity contribution in [1.82, 2.24) is 25.1 Å². The Labute approximate surface area is 197 Å². The number of nitrogens with zero attached hydrogens (tertiary/aromatic N) is 4. The first-order valence-corrected chi connectivity index (χ1v) is 10.6. The molecule has 3 heterocycles. The zero-order valence-electron chi connectivity index (χ0n) is 19.2. The number of amides is 1. The number of hydrogen-bond donors (Lipinski definition) is 2. The molecule has 0 saturated carbocycles. The molecule has 0 bridgehead atoms. The predicted molar refractivity (Wildman–Crippen MR) is 130 cm³/mol. The van der Waals surface area contributed by atoms with Gasteiger partial charge >= 0.3 is 0 Å². The molecule has 0 fully saturated rings. The van der Waals surface area contributed by atoms with Gasteiger partial charge in [-0.05, 0) is 36.2 Å². The third-order valence-corrected chi connectivity index (χ3v) is 5.25. The number of nitrogens with two attached hydrogens (primary N) is 1. The molecule has 0 aliphatic heterocycles. The van der Waals surface area contributed by atoms with E-state index in [0.717, 1.165) is 27.8 Å². The van der Waals surface area contributed by atoms with Crippen LogP contribution in [0.4, 0.5) is 5.82 Å². The van der Waals surface area contributed by atoms with Gasteiger partial charge in [-0.1, -0.05) is 24.0 Å². The zero-order chi connectivity index (χ0) is 24.1. The first-order valence-electron chi connectivity index (χ1n) is 10.6. The Morgan fingerprint density at radius 1 is 1.06 bits per heavy atom. The Kier molecular flexibility index (Phi) is 6.55. The van der Waals surface area contributed by atoms with Gasteiger partial charge in [-0.3, -0.25) is 9.48 Å². The number of ether oxygens (including phenoxy) is 1. The molecule has 0 saturated heterocycles. The Morgan fingerprint density at radius 2 is 1.88 bits per heavy atom. The Hall–Kier alpha value is -4.64. The summed E-state index contributed by atoms with van der Waals surface area (Å²) < 4.78 is 6.78. The number of pyridine rings is 2. The van der Waals surface area contributed by atoms with E-state index < -0.39 is 0 Å². The zero-order valence-corrected chi connectivity index (χ0v) is 19.2. The summed E-state index contributed by atoms with van der Waals surface area (Å²) in [4.78, 5) is 21.1. The molecular formula is C26H24N6O2. The molecule has 8 nitrogen and oxygen atoms in total. The first kappa shape index (κ1) is 22.6. The molecule has 1 amide bonds. The van der Waals surface area contributed by atoms with Crippen LogP contribution in [0, 0.1) is 18.8 Å². The van der Waals surface area contributed by atoms with Gasteiger partial charge in [-0.2, -0.15) is 5.10 Å². The lowest BCUT2D eigenvalue weighted by molar-refractivity contribution is 0.0951. The van der Waals surface area contributed by atoms with Crippen molar-refractivity contribution in [2.75, 3.05) is 12.8 Å². The standard InChI is InChI=1S/C26H24N6O2/c1-17-4-6-21(26(33)30-13-18-5-9-24(34-3)28-12-18)10-19(17)7-8-20-11-22(14-29-25(20)27)23-15-31-32(2)16-23/h4-6,9-12,14-16H,13H2,1-3H3,(H2,27,29)(H,30,33). The summed E-state index contributed by atoms with van der Waals surface area (Å²) in [5, 5.41) is 7.10. The van der Waals surface area contributed by atoms with Crippen LogP contribution in [-0.4, -0.2) is 32.8 Å². The number of aryl methyl sites for hydroxylation is 2. The highest BCUT2D eigenvalue weighted by atomic mass is 16.5. The topological polar surface area (TPSA) is 108 Å². The Bertz CT molecular complexity index is 1400. The summed E-state index contributed by atoms with van der Waals surface area (Å²) in [5.74, 6) is 6.92. The van der Waals surface area contributed by atoms with E-state index in [-0.39, 0.29) is 5.91 Å². The average Bonchev–Trinajstić information content (AvgIpc) is 3.29. The van der Waals surface area contributed by atoms with Crippen LogP contribution in [0.3, 0.4) is 0 Å². The van der Waals surface area contributed by atoms with E-state index in [2.05, 4.69) is 32.2 Å². The predicted octanol–water partition coefficient (Wildman–Crippen LogP) is 3.11. The average molecular weight is 453 g/mol.